The van der Waals surface area contributed by atoms with Crippen molar-refractivity contribution in [3.8, 4) is 0 Å². The molecular formula is C22H27N5NaO6+. The number of carbonyl (C=O) groups is 3. The second-order valence-electron chi connectivity index (χ2n) is 7.49. The molecular weight excluding hydrogens is 453 g/mol. The SMILES string of the molecule is Cc1cccc(NCCCC(=O)NCC(=O)NC(CC(=O)O)c2ccc(C)c([N+](=O)[O-])c2)n1.[Na+]. The maximum absolute atomic E-state index is 12.3. The molecule has 34 heavy (non-hydrogen) atoms. The molecule has 0 saturated heterocycles. The van der Waals surface area contributed by atoms with E-state index in [1.807, 2.05) is 25.1 Å². The van der Waals surface area contributed by atoms with Gasteiger partial charge in [0, 0.05) is 30.3 Å². The minimum atomic E-state index is -1.18. The molecule has 0 spiro atoms. The van der Waals surface area contributed by atoms with Gasteiger partial charge in [-0.3, -0.25) is 24.5 Å². The minimum Gasteiger partial charge on any atom is -0.481 e. The molecule has 0 saturated carbocycles. The molecule has 0 bridgehead atoms. The number of carboxylic acids is 1. The Morgan fingerprint density at radius 2 is 1.88 bits per heavy atom. The van der Waals surface area contributed by atoms with Crippen LogP contribution in [0.25, 0.3) is 0 Å². The fraction of sp³-hybridized carbons (Fsp3) is 0.364. The normalized spacial score (nSPS) is 11.0. The summed E-state index contributed by atoms with van der Waals surface area (Å²) in [6.45, 7) is 3.64. The molecule has 0 fully saturated rings. The van der Waals surface area contributed by atoms with Crippen molar-refractivity contribution in [3.63, 3.8) is 0 Å². The molecule has 12 heteroatoms. The number of nitro groups is 1. The average molecular weight is 480 g/mol. The number of anilines is 1. The largest absolute Gasteiger partial charge is 1.00 e. The number of nitrogens with one attached hydrogen (secondary N) is 3. The molecule has 0 aliphatic heterocycles. The van der Waals surface area contributed by atoms with Gasteiger partial charge in [-0.25, -0.2) is 4.98 Å². The van der Waals surface area contributed by atoms with Crippen molar-refractivity contribution in [1.29, 1.82) is 0 Å². The molecule has 1 heterocycles. The van der Waals surface area contributed by atoms with Crippen LogP contribution in [0.1, 0.15) is 42.1 Å². The number of aryl methyl sites for hydroxylation is 2. The summed E-state index contributed by atoms with van der Waals surface area (Å²) >= 11 is 0. The smallest absolute Gasteiger partial charge is 0.481 e. The van der Waals surface area contributed by atoms with Crippen molar-refractivity contribution in [2.45, 2.75) is 39.2 Å². The quantitative estimate of drug-likeness (QED) is 0.133. The van der Waals surface area contributed by atoms with E-state index in [0.717, 1.165) is 11.5 Å². The third-order valence-electron chi connectivity index (χ3n) is 4.77. The molecule has 11 nitrogen and oxygen atoms in total. The number of aliphatic carboxylic acids is 1. The van der Waals surface area contributed by atoms with Crippen molar-refractivity contribution in [2.24, 2.45) is 0 Å². The van der Waals surface area contributed by atoms with Crippen LogP contribution in [0.3, 0.4) is 0 Å². The van der Waals surface area contributed by atoms with E-state index in [1.165, 1.54) is 18.2 Å². The van der Waals surface area contributed by atoms with Crippen LogP contribution in [0.2, 0.25) is 0 Å². The molecule has 0 aliphatic rings. The van der Waals surface area contributed by atoms with Crippen LogP contribution in [-0.2, 0) is 14.4 Å². The molecule has 1 aromatic heterocycles. The van der Waals surface area contributed by atoms with Crippen LogP contribution in [0.15, 0.2) is 36.4 Å². The van der Waals surface area contributed by atoms with Gasteiger partial charge in [-0.2, -0.15) is 0 Å². The van der Waals surface area contributed by atoms with Crippen molar-refractivity contribution in [1.82, 2.24) is 15.6 Å². The number of aromatic nitrogens is 1. The van der Waals surface area contributed by atoms with E-state index in [2.05, 4.69) is 20.9 Å². The number of carboxylic acid groups (broad SMARTS) is 1. The molecule has 1 aromatic carbocycles. The average Bonchev–Trinajstić information content (AvgIpc) is 2.75. The van der Waals surface area contributed by atoms with E-state index in [0.29, 0.717) is 24.1 Å². The van der Waals surface area contributed by atoms with Crippen LogP contribution in [-0.4, -0.2) is 45.9 Å². The molecule has 0 radical (unpaired) electrons. The molecule has 176 valence electrons. The number of hydrogen-bond acceptors (Lipinski definition) is 7. The maximum Gasteiger partial charge on any atom is 1.00 e. The van der Waals surface area contributed by atoms with Crippen molar-refractivity contribution >= 4 is 29.3 Å². The van der Waals surface area contributed by atoms with Gasteiger partial charge in [0.15, 0.2) is 0 Å². The summed E-state index contributed by atoms with van der Waals surface area (Å²) in [5, 5.41) is 28.5. The van der Waals surface area contributed by atoms with E-state index in [4.69, 9.17) is 5.11 Å². The van der Waals surface area contributed by atoms with Gasteiger partial charge in [-0.05, 0) is 38.0 Å². The number of rotatable bonds is 12. The first-order valence-electron chi connectivity index (χ1n) is 10.4. The first-order valence-corrected chi connectivity index (χ1v) is 10.4. The predicted molar refractivity (Wildman–Crippen MR) is 121 cm³/mol. The summed E-state index contributed by atoms with van der Waals surface area (Å²) in [5.41, 5.74) is 1.43. The number of benzene rings is 1. The molecule has 2 rings (SSSR count). The summed E-state index contributed by atoms with van der Waals surface area (Å²) in [5.74, 6) is -1.39. The molecule has 1 atom stereocenters. The minimum absolute atomic E-state index is 0. The van der Waals surface area contributed by atoms with Gasteiger partial charge in [-0.15, -0.1) is 0 Å². The Balaban J connectivity index is 0.00000578. The van der Waals surface area contributed by atoms with Crippen LogP contribution in [0.4, 0.5) is 11.5 Å². The Labute approximate surface area is 219 Å². The van der Waals surface area contributed by atoms with Crippen molar-refractivity contribution < 1.29 is 54.0 Å². The van der Waals surface area contributed by atoms with Gasteiger partial charge in [0.25, 0.3) is 5.69 Å². The zero-order chi connectivity index (χ0) is 24.4. The number of nitrogens with zero attached hydrogens (tertiary/aromatic N) is 2. The predicted octanol–water partition coefficient (Wildman–Crippen LogP) is -0.749. The topological polar surface area (TPSA) is 164 Å². The Kier molecular flexibility index (Phi) is 12.2. The zero-order valence-electron chi connectivity index (χ0n) is 19.5. The molecule has 2 amide bonds. The van der Waals surface area contributed by atoms with Gasteiger partial charge >= 0.3 is 35.5 Å². The Hall–Kier alpha value is -3.02. The van der Waals surface area contributed by atoms with Crippen LogP contribution < -0.4 is 45.5 Å². The Morgan fingerprint density at radius 1 is 1.15 bits per heavy atom. The van der Waals surface area contributed by atoms with E-state index < -0.39 is 29.3 Å². The van der Waals surface area contributed by atoms with Gasteiger partial charge in [0.2, 0.25) is 11.8 Å². The van der Waals surface area contributed by atoms with E-state index in [-0.39, 0.29) is 54.1 Å². The van der Waals surface area contributed by atoms with E-state index in [9.17, 15) is 24.5 Å². The molecule has 2 aromatic rings. The molecule has 4 N–H and O–H groups in total. The first-order chi connectivity index (χ1) is 15.7. The number of amides is 2. The molecule has 1 unspecified atom stereocenters. The second-order valence-corrected chi connectivity index (χ2v) is 7.49. The van der Waals surface area contributed by atoms with Gasteiger partial charge in [-0.1, -0.05) is 18.2 Å². The van der Waals surface area contributed by atoms with Crippen LogP contribution >= 0.6 is 0 Å². The third kappa shape index (κ3) is 9.86. The van der Waals surface area contributed by atoms with E-state index >= 15 is 0 Å². The van der Waals surface area contributed by atoms with Crippen LogP contribution in [0.5, 0.6) is 0 Å². The Morgan fingerprint density at radius 3 is 2.53 bits per heavy atom. The van der Waals surface area contributed by atoms with Crippen LogP contribution in [0, 0.1) is 24.0 Å². The third-order valence-corrected chi connectivity index (χ3v) is 4.77. The summed E-state index contributed by atoms with van der Waals surface area (Å²) in [4.78, 5) is 50.4. The number of pyridine rings is 1. The fourth-order valence-corrected chi connectivity index (χ4v) is 3.09. The number of carbonyl (C=O) groups excluding carboxylic acids is 2. The Bertz CT molecular complexity index is 1030. The van der Waals surface area contributed by atoms with Crippen molar-refractivity contribution in [2.75, 3.05) is 18.4 Å². The second kappa shape index (κ2) is 14.3. The summed E-state index contributed by atoms with van der Waals surface area (Å²) in [6, 6.07) is 8.89. The van der Waals surface area contributed by atoms with Gasteiger partial charge < -0.3 is 21.1 Å². The summed E-state index contributed by atoms with van der Waals surface area (Å²) < 4.78 is 0. The van der Waals surface area contributed by atoms with Crippen molar-refractivity contribution in [3.05, 3.63) is 63.3 Å². The van der Waals surface area contributed by atoms with Gasteiger partial charge in [0.1, 0.15) is 5.82 Å². The number of nitro benzene ring substituents is 1. The monoisotopic (exact) mass is 480 g/mol. The standard InChI is InChI=1S/C22H27N5O6.Na/c1-14-8-9-16(11-18(14)27(32)33)17(12-22(30)31)26-21(29)13-24-20(28)7-4-10-23-19-6-3-5-15(2)25-19;/h3,5-6,8-9,11,17H,4,7,10,12-13H2,1-2H3,(H,23,25)(H,24,28)(H,26,29)(H,30,31);/q;+1. The summed E-state index contributed by atoms with van der Waals surface area (Å²) in [7, 11) is 0. The number of hydrogen-bond donors (Lipinski definition) is 4. The summed E-state index contributed by atoms with van der Waals surface area (Å²) in [6.07, 6.45) is 0.255. The van der Waals surface area contributed by atoms with Gasteiger partial charge in [0.05, 0.1) is 23.9 Å². The van der Waals surface area contributed by atoms with E-state index in [1.54, 1.807) is 6.92 Å². The molecule has 0 aliphatic carbocycles. The fourth-order valence-electron chi connectivity index (χ4n) is 3.09. The first kappa shape index (κ1) is 29.0. The zero-order valence-corrected chi connectivity index (χ0v) is 21.5. The maximum atomic E-state index is 12.3.